The summed E-state index contributed by atoms with van der Waals surface area (Å²) in [5.74, 6) is -2.41. The molecule has 5 atom stereocenters. The Balaban J connectivity index is 1.34. The minimum Gasteiger partial charge on any atom is -0.454 e. The molecule has 0 radical (unpaired) electrons. The van der Waals surface area contributed by atoms with Crippen molar-refractivity contribution < 1.29 is 28.8 Å². The molecule has 2 bridgehead atoms. The van der Waals surface area contributed by atoms with E-state index >= 15 is 0 Å². The summed E-state index contributed by atoms with van der Waals surface area (Å²) in [6.07, 6.45) is 2.78. The van der Waals surface area contributed by atoms with Gasteiger partial charge in [0.05, 0.1) is 16.8 Å². The van der Waals surface area contributed by atoms with Gasteiger partial charge in [-0.2, -0.15) is 0 Å². The van der Waals surface area contributed by atoms with Gasteiger partial charge in [0, 0.05) is 17.3 Å². The highest BCUT2D eigenvalue weighted by atomic mass is 16.6. The molecule has 31 heavy (non-hydrogen) atoms. The van der Waals surface area contributed by atoms with E-state index in [9.17, 15) is 29.3 Å². The van der Waals surface area contributed by atoms with Gasteiger partial charge in [-0.15, -0.1) is 0 Å². The molecule has 1 aliphatic heterocycles. The van der Waals surface area contributed by atoms with Crippen LogP contribution in [0.4, 0.5) is 11.4 Å². The molecule has 1 aromatic rings. The van der Waals surface area contributed by atoms with Crippen molar-refractivity contribution in [1.82, 2.24) is 4.90 Å². The van der Waals surface area contributed by atoms with Gasteiger partial charge in [0.1, 0.15) is 6.04 Å². The van der Waals surface area contributed by atoms with Gasteiger partial charge >= 0.3 is 5.97 Å². The first-order valence-electron chi connectivity index (χ1n) is 10.3. The van der Waals surface area contributed by atoms with E-state index in [4.69, 9.17) is 4.74 Å². The van der Waals surface area contributed by atoms with Gasteiger partial charge in [0.25, 0.3) is 11.6 Å². The number of fused-ring (bicyclic) bond motifs is 5. The highest BCUT2D eigenvalue weighted by Crippen LogP contribution is 2.56. The number of rotatable bonds is 6. The zero-order valence-corrected chi connectivity index (χ0v) is 17.2. The average Bonchev–Trinajstić information content (AvgIpc) is 3.40. The molecule has 1 aromatic carbocycles. The molecule has 4 rings (SSSR count). The first kappa shape index (κ1) is 21.0. The lowest BCUT2D eigenvalue weighted by Gasteiger charge is -2.23. The van der Waals surface area contributed by atoms with E-state index in [-0.39, 0.29) is 46.9 Å². The number of nitrogens with zero attached hydrogens (tertiary/aromatic N) is 2. The zero-order chi connectivity index (χ0) is 22.4. The number of nitrogens with one attached hydrogen (secondary N) is 1. The second-order valence-corrected chi connectivity index (χ2v) is 8.52. The fourth-order valence-electron chi connectivity index (χ4n) is 5.26. The van der Waals surface area contributed by atoms with Crippen molar-refractivity contribution >= 4 is 35.1 Å². The van der Waals surface area contributed by atoms with E-state index in [1.165, 1.54) is 25.1 Å². The number of esters is 1. The van der Waals surface area contributed by atoms with E-state index in [1.54, 1.807) is 6.92 Å². The Morgan fingerprint density at radius 3 is 2.42 bits per heavy atom. The molecule has 10 nitrogen and oxygen atoms in total. The second-order valence-electron chi connectivity index (χ2n) is 8.52. The van der Waals surface area contributed by atoms with Crippen LogP contribution in [0, 0.1) is 40.7 Å². The van der Waals surface area contributed by atoms with Gasteiger partial charge in [-0.3, -0.25) is 29.4 Å². The summed E-state index contributed by atoms with van der Waals surface area (Å²) < 4.78 is 5.01. The number of nitro benzene ring substituents is 1. The van der Waals surface area contributed by atoms with Crippen LogP contribution >= 0.6 is 0 Å². The molecule has 0 unspecified atom stereocenters. The second kappa shape index (κ2) is 7.75. The van der Waals surface area contributed by atoms with Crippen molar-refractivity contribution in [3.8, 4) is 0 Å². The SMILES string of the molecule is Cc1ccc(NC(=O)COC(=O)[C@H](C)N2C(=O)[C@@H]3[C@H]4CC[C@@H](C4)[C@H]3C2=O)cc1[N+](=O)[O-]. The molecule has 3 aliphatic rings. The van der Waals surface area contributed by atoms with Gasteiger partial charge in [-0.05, 0) is 51.0 Å². The lowest BCUT2D eigenvalue weighted by atomic mass is 9.81. The van der Waals surface area contributed by atoms with Crippen LogP contribution in [0.2, 0.25) is 0 Å². The first-order valence-corrected chi connectivity index (χ1v) is 10.3. The summed E-state index contributed by atoms with van der Waals surface area (Å²) >= 11 is 0. The molecule has 0 aromatic heterocycles. The van der Waals surface area contributed by atoms with Crippen LogP contribution in [-0.4, -0.2) is 46.2 Å². The number of carbonyl (C=O) groups is 4. The monoisotopic (exact) mass is 429 g/mol. The summed E-state index contributed by atoms with van der Waals surface area (Å²) in [5, 5.41) is 13.4. The Morgan fingerprint density at radius 1 is 1.23 bits per heavy atom. The minimum atomic E-state index is -1.11. The Kier molecular flexibility index (Phi) is 5.24. The summed E-state index contributed by atoms with van der Waals surface area (Å²) in [6, 6.07) is 3.10. The van der Waals surface area contributed by atoms with E-state index < -0.39 is 29.4 Å². The lowest BCUT2D eigenvalue weighted by Crippen LogP contribution is -2.45. The van der Waals surface area contributed by atoms with Gasteiger partial charge in [-0.1, -0.05) is 6.07 Å². The molecular formula is C21H23N3O7. The molecule has 10 heteroatoms. The van der Waals surface area contributed by atoms with Crippen molar-refractivity contribution in [2.75, 3.05) is 11.9 Å². The molecule has 3 fully saturated rings. The Morgan fingerprint density at radius 2 is 1.84 bits per heavy atom. The molecule has 1 N–H and O–H groups in total. The van der Waals surface area contributed by atoms with Crippen LogP contribution in [0.3, 0.4) is 0 Å². The van der Waals surface area contributed by atoms with Crippen LogP contribution in [0.25, 0.3) is 0 Å². The number of amides is 3. The van der Waals surface area contributed by atoms with Crippen molar-refractivity contribution in [2.24, 2.45) is 23.7 Å². The van der Waals surface area contributed by atoms with Gasteiger partial charge in [0.15, 0.2) is 6.61 Å². The summed E-state index contributed by atoms with van der Waals surface area (Å²) in [7, 11) is 0. The van der Waals surface area contributed by atoms with Crippen LogP contribution < -0.4 is 5.32 Å². The maximum absolute atomic E-state index is 12.8. The number of anilines is 1. The number of imide groups is 1. The highest BCUT2D eigenvalue weighted by molar-refractivity contribution is 6.08. The molecule has 164 valence electrons. The fraction of sp³-hybridized carbons (Fsp3) is 0.524. The van der Waals surface area contributed by atoms with Crippen LogP contribution in [0.15, 0.2) is 18.2 Å². The van der Waals surface area contributed by atoms with E-state index in [1.807, 2.05) is 0 Å². The van der Waals surface area contributed by atoms with Gasteiger partial charge in [-0.25, -0.2) is 4.79 Å². The fourth-order valence-corrected chi connectivity index (χ4v) is 5.26. The molecule has 2 saturated carbocycles. The number of likely N-dealkylation sites (tertiary alicyclic amines) is 1. The maximum Gasteiger partial charge on any atom is 0.329 e. The number of aryl methyl sites for hydroxylation is 1. The number of ether oxygens (including phenoxy) is 1. The number of hydrogen-bond donors (Lipinski definition) is 1. The lowest BCUT2D eigenvalue weighted by molar-refractivity contribution is -0.385. The first-order chi connectivity index (χ1) is 14.7. The van der Waals surface area contributed by atoms with Crippen molar-refractivity contribution in [1.29, 1.82) is 0 Å². The normalized spacial score (nSPS) is 27.2. The highest BCUT2D eigenvalue weighted by Gasteiger charge is 2.62. The van der Waals surface area contributed by atoms with Gasteiger partial charge < -0.3 is 10.1 Å². The van der Waals surface area contributed by atoms with Crippen molar-refractivity contribution in [3.63, 3.8) is 0 Å². The third-order valence-corrected chi connectivity index (χ3v) is 6.73. The van der Waals surface area contributed by atoms with Crippen LogP contribution in [0.1, 0.15) is 31.7 Å². The van der Waals surface area contributed by atoms with Gasteiger partial charge in [0.2, 0.25) is 11.8 Å². The molecular weight excluding hydrogens is 406 g/mol. The van der Waals surface area contributed by atoms with Crippen molar-refractivity contribution in [3.05, 3.63) is 33.9 Å². The summed E-state index contributed by atoms with van der Waals surface area (Å²) in [6.45, 7) is 2.36. The standard InChI is InChI=1S/C21H23N3O7/c1-10-3-6-14(8-15(10)24(29)30)22-16(25)9-31-21(28)11(2)23-19(26)17-12-4-5-13(7-12)18(17)20(23)27/h3,6,8,11-13,17-18H,4-5,7,9H2,1-2H3,(H,22,25)/t11-,12-,13-,17+,18+/m0/s1. The topological polar surface area (TPSA) is 136 Å². The quantitative estimate of drug-likeness (QED) is 0.315. The Hall–Kier alpha value is -3.30. The molecule has 1 saturated heterocycles. The molecule has 3 amide bonds. The molecule has 1 heterocycles. The third-order valence-electron chi connectivity index (χ3n) is 6.73. The Labute approximate surface area is 178 Å². The predicted molar refractivity (Wildman–Crippen MR) is 107 cm³/mol. The minimum absolute atomic E-state index is 0.144. The van der Waals surface area contributed by atoms with Crippen LogP contribution in [0.5, 0.6) is 0 Å². The van der Waals surface area contributed by atoms with E-state index in [0.29, 0.717) is 5.56 Å². The average molecular weight is 429 g/mol. The third kappa shape index (κ3) is 3.55. The number of carbonyl (C=O) groups excluding carboxylic acids is 4. The van der Waals surface area contributed by atoms with E-state index in [0.717, 1.165) is 24.2 Å². The van der Waals surface area contributed by atoms with Crippen LogP contribution in [-0.2, 0) is 23.9 Å². The molecule has 0 spiro atoms. The largest absolute Gasteiger partial charge is 0.454 e. The zero-order valence-electron chi connectivity index (χ0n) is 17.2. The predicted octanol–water partition coefficient (Wildman–Crippen LogP) is 1.80. The van der Waals surface area contributed by atoms with Crippen molar-refractivity contribution in [2.45, 2.75) is 39.2 Å². The molecule has 2 aliphatic carbocycles. The summed E-state index contributed by atoms with van der Waals surface area (Å²) in [5.41, 5.74) is 0.495. The van der Waals surface area contributed by atoms with E-state index in [2.05, 4.69) is 5.32 Å². The summed E-state index contributed by atoms with van der Waals surface area (Å²) in [4.78, 5) is 61.6. The number of hydrogen-bond acceptors (Lipinski definition) is 7. The Bertz CT molecular complexity index is 963. The number of benzene rings is 1. The number of nitro groups is 1. The maximum atomic E-state index is 12.8. The smallest absolute Gasteiger partial charge is 0.329 e.